The largest absolute Gasteiger partial charge is 0.353 e. The quantitative estimate of drug-likeness (QED) is 0.745. The van der Waals surface area contributed by atoms with Crippen LogP contribution in [-0.2, 0) is 19.6 Å². The molecular weight excluding hydrogens is 437 g/mol. The molecule has 2 heterocycles. The molecule has 2 amide bonds. The number of piperidine rings is 2. The van der Waals surface area contributed by atoms with Gasteiger partial charge in [-0.1, -0.05) is 29.3 Å². The maximum atomic E-state index is 13.0. The first-order valence-corrected chi connectivity index (χ1v) is 11.9. The first-order valence-electron chi connectivity index (χ1n) is 9.70. The minimum Gasteiger partial charge on any atom is -0.353 e. The van der Waals surface area contributed by atoms with Crippen LogP contribution in [0.4, 0.5) is 0 Å². The number of carbonyl (C=O) groups is 2. The van der Waals surface area contributed by atoms with Crippen LogP contribution in [0.25, 0.3) is 0 Å². The van der Waals surface area contributed by atoms with Gasteiger partial charge in [-0.3, -0.25) is 9.59 Å². The number of halogens is 2. The van der Waals surface area contributed by atoms with Gasteiger partial charge in [0.15, 0.2) is 0 Å². The average Bonchev–Trinajstić information content (AvgIpc) is 2.67. The lowest BCUT2D eigenvalue weighted by atomic mass is 9.95. The zero-order chi connectivity index (χ0) is 21.2. The fraction of sp³-hybridized carbons (Fsp3) is 0.579. The Hall–Kier alpha value is -1.35. The molecular formula is C19H25Cl2N3O4S. The van der Waals surface area contributed by atoms with Gasteiger partial charge in [-0.25, -0.2) is 8.42 Å². The van der Waals surface area contributed by atoms with Crippen molar-refractivity contribution in [2.24, 2.45) is 5.92 Å². The zero-order valence-electron chi connectivity index (χ0n) is 16.2. The molecule has 160 valence electrons. The van der Waals surface area contributed by atoms with Crippen LogP contribution in [0.3, 0.4) is 0 Å². The minimum absolute atomic E-state index is 0.0537. The molecule has 7 nitrogen and oxygen atoms in total. The first-order chi connectivity index (χ1) is 13.7. The van der Waals surface area contributed by atoms with Crippen molar-refractivity contribution in [2.45, 2.75) is 43.5 Å². The van der Waals surface area contributed by atoms with Crippen molar-refractivity contribution in [1.29, 1.82) is 0 Å². The minimum atomic E-state index is -3.81. The summed E-state index contributed by atoms with van der Waals surface area (Å²) in [6.45, 7) is 3.22. The fourth-order valence-corrected chi connectivity index (χ4v) is 6.55. The molecule has 0 aliphatic carbocycles. The Labute approximate surface area is 181 Å². The average molecular weight is 462 g/mol. The van der Waals surface area contributed by atoms with Crippen LogP contribution < -0.4 is 5.32 Å². The van der Waals surface area contributed by atoms with Crippen LogP contribution in [0.5, 0.6) is 0 Å². The molecule has 3 rings (SSSR count). The van der Waals surface area contributed by atoms with Crippen LogP contribution >= 0.6 is 23.2 Å². The fourth-order valence-electron chi connectivity index (χ4n) is 3.99. The number of amides is 2. The van der Waals surface area contributed by atoms with Gasteiger partial charge in [-0.15, -0.1) is 0 Å². The molecule has 0 spiro atoms. The Bertz CT molecular complexity index is 857. The van der Waals surface area contributed by atoms with E-state index in [9.17, 15) is 18.0 Å². The molecule has 2 fully saturated rings. The highest BCUT2D eigenvalue weighted by molar-refractivity contribution is 7.89. The Morgan fingerprint density at radius 1 is 1.00 bits per heavy atom. The summed E-state index contributed by atoms with van der Waals surface area (Å²) in [6, 6.07) is 4.72. The molecule has 29 heavy (non-hydrogen) atoms. The lowest BCUT2D eigenvalue weighted by Gasteiger charge is -2.37. The second-order valence-electron chi connectivity index (χ2n) is 7.53. The van der Waals surface area contributed by atoms with Gasteiger partial charge >= 0.3 is 0 Å². The van der Waals surface area contributed by atoms with Crippen LogP contribution in [0.1, 0.15) is 32.6 Å². The maximum Gasteiger partial charge on any atom is 0.246 e. The number of hydrogen-bond acceptors (Lipinski definition) is 4. The van der Waals surface area contributed by atoms with Crippen LogP contribution in [-0.4, -0.2) is 61.7 Å². The van der Waals surface area contributed by atoms with Gasteiger partial charge in [-0.2, -0.15) is 4.31 Å². The number of benzene rings is 1. The summed E-state index contributed by atoms with van der Waals surface area (Å²) in [5.41, 5.74) is 0. The van der Waals surface area contributed by atoms with E-state index in [-0.39, 0.29) is 51.8 Å². The van der Waals surface area contributed by atoms with E-state index in [2.05, 4.69) is 5.32 Å². The third kappa shape index (κ3) is 5.05. The highest BCUT2D eigenvalue weighted by Crippen LogP contribution is 2.33. The van der Waals surface area contributed by atoms with Crippen molar-refractivity contribution in [3.8, 4) is 0 Å². The van der Waals surface area contributed by atoms with E-state index in [1.807, 2.05) is 4.90 Å². The van der Waals surface area contributed by atoms with Crippen molar-refractivity contribution >= 4 is 45.0 Å². The van der Waals surface area contributed by atoms with E-state index >= 15 is 0 Å². The van der Waals surface area contributed by atoms with Gasteiger partial charge in [0.25, 0.3) is 0 Å². The van der Waals surface area contributed by atoms with Gasteiger partial charge in [0.05, 0.1) is 10.0 Å². The molecule has 10 heteroatoms. The Balaban J connectivity index is 1.58. The molecule has 0 atom stereocenters. The predicted molar refractivity (Wildman–Crippen MR) is 111 cm³/mol. The highest BCUT2D eigenvalue weighted by Gasteiger charge is 2.36. The molecule has 0 aromatic heterocycles. The van der Waals surface area contributed by atoms with Crippen molar-refractivity contribution in [3.63, 3.8) is 0 Å². The van der Waals surface area contributed by atoms with E-state index in [1.165, 1.54) is 23.4 Å². The van der Waals surface area contributed by atoms with Gasteiger partial charge in [0.2, 0.25) is 21.8 Å². The summed E-state index contributed by atoms with van der Waals surface area (Å²) in [5.74, 6) is -0.179. The number of hydrogen-bond donors (Lipinski definition) is 1. The van der Waals surface area contributed by atoms with E-state index in [4.69, 9.17) is 23.2 Å². The summed E-state index contributed by atoms with van der Waals surface area (Å²) in [4.78, 5) is 25.8. The summed E-state index contributed by atoms with van der Waals surface area (Å²) < 4.78 is 27.3. The number of carbonyl (C=O) groups excluding carboxylic acids is 2. The smallest absolute Gasteiger partial charge is 0.246 e. The maximum absolute atomic E-state index is 13.0. The third-order valence-electron chi connectivity index (χ3n) is 5.53. The van der Waals surface area contributed by atoms with Crippen LogP contribution in [0.15, 0.2) is 23.1 Å². The Morgan fingerprint density at radius 2 is 1.55 bits per heavy atom. The zero-order valence-corrected chi connectivity index (χ0v) is 18.6. The second kappa shape index (κ2) is 9.20. The number of rotatable bonds is 4. The van der Waals surface area contributed by atoms with E-state index in [1.54, 1.807) is 6.07 Å². The Morgan fingerprint density at radius 3 is 2.07 bits per heavy atom. The number of sulfonamides is 1. The predicted octanol–water partition coefficient (Wildman–Crippen LogP) is 2.52. The van der Waals surface area contributed by atoms with Crippen LogP contribution in [0, 0.1) is 5.92 Å². The van der Waals surface area contributed by atoms with E-state index in [0.717, 1.165) is 12.8 Å². The monoisotopic (exact) mass is 461 g/mol. The standard InChI is InChI=1S/C19H25Cl2N3O4S/c1-13(25)22-15-7-9-23(10-8-15)19(26)14-5-11-24(12-6-14)29(27,28)18-16(20)3-2-4-17(18)21/h2-4,14-15H,5-12H2,1H3,(H,22,25). The summed E-state index contributed by atoms with van der Waals surface area (Å²) in [7, 11) is -3.81. The van der Waals surface area contributed by atoms with Crippen molar-refractivity contribution < 1.29 is 18.0 Å². The van der Waals surface area contributed by atoms with Crippen molar-refractivity contribution in [1.82, 2.24) is 14.5 Å². The SMILES string of the molecule is CC(=O)NC1CCN(C(=O)C2CCN(S(=O)(=O)c3c(Cl)cccc3Cl)CC2)CC1. The Kier molecular flexibility index (Phi) is 7.09. The molecule has 1 aromatic carbocycles. The normalized spacial score (nSPS) is 19.9. The molecule has 0 saturated carbocycles. The van der Waals surface area contributed by atoms with Gasteiger partial charge < -0.3 is 10.2 Å². The first kappa shape index (κ1) is 22.3. The molecule has 0 bridgehead atoms. The molecule has 2 aliphatic rings. The lowest BCUT2D eigenvalue weighted by molar-refractivity contribution is -0.137. The molecule has 2 saturated heterocycles. The summed E-state index contributed by atoms with van der Waals surface area (Å²) >= 11 is 12.2. The molecule has 1 aromatic rings. The van der Waals surface area contributed by atoms with Gasteiger partial charge in [-0.05, 0) is 37.8 Å². The number of nitrogens with one attached hydrogen (secondary N) is 1. The van der Waals surface area contributed by atoms with Gasteiger partial charge in [0, 0.05) is 45.1 Å². The molecule has 2 aliphatic heterocycles. The topological polar surface area (TPSA) is 86.8 Å². The number of nitrogens with zero attached hydrogens (tertiary/aromatic N) is 2. The van der Waals surface area contributed by atoms with E-state index in [0.29, 0.717) is 25.9 Å². The van der Waals surface area contributed by atoms with E-state index < -0.39 is 10.0 Å². The van der Waals surface area contributed by atoms with Crippen molar-refractivity contribution in [2.75, 3.05) is 26.2 Å². The summed E-state index contributed by atoms with van der Waals surface area (Å²) in [6.07, 6.45) is 2.41. The van der Waals surface area contributed by atoms with Gasteiger partial charge in [0.1, 0.15) is 4.90 Å². The molecule has 1 N–H and O–H groups in total. The molecule has 0 radical (unpaired) electrons. The highest BCUT2D eigenvalue weighted by atomic mass is 35.5. The van der Waals surface area contributed by atoms with Crippen LogP contribution in [0.2, 0.25) is 10.0 Å². The molecule has 0 unspecified atom stereocenters. The second-order valence-corrected chi connectivity index (χ2v) is 10.2. The summed E-state index contributed by atoms with van der Waals surface area (Å²) in [5, 5.41) is 3.09. The number of likely N-dealkylation sites (tertiary alicyclic amines) is 1. The third-order valence-corrected chi connectivity index (χ3v) is 8.39. The lowest BCUT2D eigenvalue weighted by Crippen LogP contribution is -2.49. The van der Waals surface area contributed by atoms with Crippen molar-refractivity contribution in [3.05, 3.63) is 28.2 Å².